The molecule has 0 aliphatic heterocycles. The number of ketones is 1. The van der Waals surface area contributed by atoms with Crippen molar-refractivity contribution in [3.63, 3.8) is 0 Å². The lowest BCUT2D eigenvalue weighted by Gasteiger charge is -2.16. The first-order valence-corrected chi connectivity index (χ1v) is 7.11. The van der Waals surface area contributed by atoms with Gasteiger partial charge in [-0.05, 0) is 17.2 Å². The van der Waals surface area contributed by atoms with Crippen LogP contribution in [0.15, 0.2) is 54.6 Å². The molecule has 3 aromatic rings. The molecule has 2 aromatic carbocycles. The maximum atomic E-state index is 12.6. The fraction of sp³-hybridized carbons (Fsp3) is 0.111. The number of rotatable bonds is 2. The topological polar surface area (TPSA) is 70.2 Å². The number of H-pyrrole nitrogens is 1. The molecule has 0 fully saturated rings. The molecule has 108 valence electrons. The molecule has 1 aliphatic carbocycles. The van der Waals surface area contributed by atoms with E-state index in [0.717, 1.165) is 22.0 Å². The number of benzene rings is 2. The summed E-state index contributed by atoms with van der Waals surface area (Å²) in [6.45, 7) is 0. The fourth-order valence-corrected chi connectivity index (χ4v) is 3.43. The zero-order valence-corrected chi connectivity index (χ0v) is 11.6. The average molecular weight is 291 g/mol. The molecule has 1 aromatic heterocycles. The number of carbonyl (C=O) groups excluding carboxylic acids is 1. The van der Waals surface area contributed by atoms with Crippen molar-refractivity contribution < 1.29 is 14.7 Å². The van der Waals surface area contributed by atoms with Gasteiger partial charge in [0.25, 0.3) is 0 Å². The zero-order chi connectivity index (χ0) is 15.3. The summed E-state index contributed by atoms with van der Waals surface area (Å²) in [5.41, 5.74) is 2.96. The molecular formula is C18H13NO3. The summed E-state index contributed by atoms with van der Waals surface area (Å²) in [7, 11) is 0. The maximum Gasteiger partial charge on any atom is 0.315 e. The Balaban J connectivity index is 2.02. The minimum atomic E-state index is -1.08. The van der Waals surface area contributed by atoms with Gasteiger partial charge >= 0.3 is 5.97 Å². The molecular weight excluding hydrogens is 278 g/mol. The Labute approximate surface area is 126 Å². The fourth-order valence-electron chi connectivity index (χ4n) is 3.43. The molecule has 4 rings (SSSR count). The molecule has 22 heavy (non-hydrogen) atoms. The third-order valence-electron chi connectivity index (χ3n) is 4.34. The van der Waals surface area contributed by atoms with Crippen molar-refractivity contribution in [3.8, 4) is 0 Å². The Hall–Kier alpha value is -2.88. The quantitative estimate of drug-likeness (QED) is 0.712. The standard InChI is InChI=1S/C18H13NO3/c20-17-15(18(21)22)13(10-6-2-1-3-7-10)14-11-8-4-5-9-12(11)19-16(14)17/h1-9,13,15,19H,(H,21,22)/t13-,15+/m1/s1. The summed E-state index contributed by atoms with van der Waals surface area (Å²) in [5.74, 6) is -2.93. The van der Waals surface area contributed by atoms with Gasteiger partial charge in [0.05, 0.1) is 5.69 Å². The van der Waals surface area contributed by atoms with Crippen LogP contribution in [0.1, 0.15) is 27.5 Å². The van der Waals surface area contributed by atoms with Crippen molar-refractivity contribution in [2.24, 2.45) is 5.92 Å². The number of hydrogen-bond donors (Lipinski definition) is 2. The van der Waals surface area contributed by atoms with Crippen LogP contribution in [0.25, 0.3) is 10.9 Å². The van der Waals surface area contributed by atoms with Gasteiger partial charge < -0.3 is 10.1 Å². The van der Waals surface area contributed by atoms with Crippen molar-refractivity contribution in [2.75, 3.05) is 0 Å². The van der Waals surface area contributed by atoms with E-state index >= 15 is 0 Å². The number of aliphatic carboxylic acids is 1. The van der Waals surface area contributed by atoms with Crippen LogP contribution in [0.3, 0.4) is 0 Å². The van der Waals surface area contributed by atoms with E-state index in [9.17, 15) is 14.7 Å². The second-order valence-electron chi connectivity index (χ2n) is 5.53. The van der Waals surface area contributed by atoms with Crippen LogP contribution in [0, 0.1) is 5.92 Å². The van der Waals surface area contributed by atoms with E-state index < -0.39 is 17.8 Å². The van der Waals surface area contributed by atoms with E-state index in [1.165, 1.54) is 0 Å². The van der Waals surface area contributed by atoms with Crippen LogP contribution in [-0.4, -0.2) is 21.8 Å². The van der Waals surface area contributed by atoms with E-state index in [1.54, 1.807) is 0 Å². The van der Waals surface area contributed by atoms with Crippen LogP contribution in [0.2, 0.25) is 0 Å². The van der Waals surface area contributed by atoms with Crippen molar-refractivity contribution in [3.05, 3.63) is 71.4 Å². The Morgan fingerprint density at radius 3 is 2.41 bits per heavy atom. The van der Waals surface area contributed by atoms with E-state index in [0.29, 0.717) is 5.69 Å². The minimum absolute atomic E-state index is 0.340. The van der Waals surface area contributed by atoms with Gasteiger partial charge in [-0.1, -0.05) is 48.5 Å². The van der Waals surface area contributed by atoms with Crippen molar-refractivity contribution >= 4 is 22.7 Å². The normalized spacial score (nSPS) is 20.3. The summed E-state index contributed by atoms with van der Waals surface area (Å²) >= 11 is 0. The van der Waals surface area contributed by atoms with Crippen LogP contribution >= 0.6 is 0 Å². The van der Waals surface area contributed by atoms with E-state index in [1.807, 2.05) is 54.6 Å². The van der Waals surface area contributed by atoms with E-state index in [2.05, 4.69) is 4.98 Å². The van der Waals surface area contributed by atoms with Crippen LogP contribution in [-0.2, 0) is 4.79 Å². The highest BCUT2D eigenvalue weighted by molar-refractivity contribution is 6.16. The number of nitrogens with one attached hydrogen (secondary N) is 1. The second kappa shape index (κ2) is 4.56. The van der Waals surface area contributed by atoms with Crippen molar-refractivity contribution in [2.45, 2.75) is 5.92 Å². The Morgan fingerprint density at radius 1 is 1.00 bits per heavy atom. The number of para-hydroxylation sites is 1. The third kappa shape index (κ3) is 1.64. The lowest BCUT2D eigenvalue weighted by Crippen LogP contribution is -2.24. The Morgan fingerprint density at radius 2 is 1.68 bits per heavy atom. The van der Waals surface area contributed by atoms with Gasteiger partial charge in [-0.2, -0.15) is 0 Å². The van der Waals surface area contributed by atoms with Crippen LogP contribution in [0.5, 0.6) is 0 Å². The first-order chi connectivity index (χ1) is 10.7. The summed E-state index contributed by atoms with van der Waals surface area (Å²) in [5, 5.41) is 10.5. The summed E-state index contributed by atoms with van der Waals surface area (Å²) in [6, 6.07) is 17.0. The molecule has 4 nitrogen and oxygen atoms in total. The maximum absolute atomic E-state index is 12.6. The smallest absolute Gasteiger partial charge is 0.315 e. The monoisotopic (exact) mass is 291 g/mol. The molecule has 0 unspecified atom stereocenters. The second-order valence-corrected chi connectivity index (χ2v) is 5.53. The predicted molar refractivity (Wildman–Crippen MR) is 82.0 cm³/mol. The molecule has 2 N–H and O–H groups in total. The average Bonchev–Trinajstić information content (AvgIpc) is 3.04. The highest BCUT2D eigenvalue weighted by Crippen LogP contribution is 2.45. The first kappa shape index (κ1) is 12.8. The summed E-state index contributed by atoms with van der Waals surface area (Å²) < 4.78 is 0. The molecule has 0 radical (unpaired) electrons. The largest absolute Gasteiger partial charge is 0.481 e. The molecule has 1 heterocycles. The molecule has 0 saturated carbocycles. The number of aromatic nitrogens is 1. The van der Waals surface area contributed by atoms with Crippen molar-refractivity contribution in [1.29, 1.82) is 0 Å². The number of fused-ring (bicyclic) bond motifs is 3. The van der Waals surface area contributed by atoms with Gasteiger partial charge in [-0.25, -0.2) is 0 Å². The Kier molecular flexibility index (Phi) is 2.66. The molecule has 0 bridgehead atoms. The number of hydrogen-bond acceptors (Lipinski definition) is 2. The lowest BCUT2D eigenvalue weighted by atomic mass is 9.84. The van der Waals surface area contributed by atoms with Gasteiger partial charge in [-0.15, -0.1) is 0 Å². The number of carbonyl (C=O) groups is 2. The molecule has 1 aliphatic rings. The lowest BCUT2D eigenvalue weighted by molar-refractivity contribution is -0.140. The first-order valence-electron chi connectivity index (χ1n) is 7.11. The Bertz CT molecular complexity index is 895. The minimum Gasteiger partial charge on any atom is -0.481 e. The number of carboxylic acid groups (broad SMARTS) is 1. The van der Waals surface area contributed by atoms with Crippen molar-refractivity contribution in [1.82, 2.24) is 4.98 Å². The van der Waals surface area contributed by atoms with E-state index in [4.69, 9.17) is 0 Å². The summed E-state index contributed by atoms with van der Waals surface area (Å²) in [4.78, 5) is 27.3. The number of carboxylic acids is 1. The number of aromatic amines is 1. The van der Waals surface area contributed by atoms with E-state index in [-0.39, 0.29) is 5.78 Å². The van der Waals surface area contributed by atoms with Gasteiger partial charge in [0.15, 0.2) is 5.78 Å². The number of Topliss-reactive ketones (excluding diaryl/α,β-unsaturated/α-hetero) is 1. The van der Waals surface area contributed by atoms with Gasteiger partial charge in [0.1, 0.15) is 5.92 Å². The molecule has 0 saturated heterocycles. The third-order valence-corrected chi connectivity index (χ3v) is 4.34. The predicted octanol–water partition coefficient (Wildman–Crippen LogP) is 3.20. The van der Waals surface area contributed by atoms with Gasteiger partial charge in [0, 0.05) is 16.8 Å². The zero-order valence-electron chi connectivity index (χ0n) is 11.6. The van der Waals surface area contributed by atoms with Crippen LogP contribution in [0.4, 0.5) is 0 Å². The highest BCUT2D eigenvalue weighted by Gasteiger charge is 2.47. The van der Waals surface area contributed by atoms with Gasteiger partial charge in [-0.3, -0.25) is 9.59 Å². The molecule has 2 atom stereocenters. The SMILES string of the molecule is O=C(O)[C@@H]1C(=O)c2[nH]c3ccccc3c2[C@H]1c1ccccc1. The summed E-state index contributed by atoms with van der Waals surface area (Å²) in [6.07, 6.45) is 0. The van der Waals surface area contributed by atoms with Crippen LogP contribution < -0.4 is 0 Å². The molecule has 0 amide bonds. The highest BCUT2D eigenvalue weighted by atomic mass is 16.4. The molecule has 4 heteroatoms. The van der Waals surface area contributed by atoms with Gasteiger partial charge in [0.2, 0.25) is 0 Å². The molecule has 0 spiro atoms.